The molecule has 1 amide bonds. The number of hydrogen-bond acceptors (Lipinski definition) is 6. The van der Waals surface area contributed by atoms with Crippen LogP contribution in [-0.4, -0.2) is 84.6 Å². The van der Waals surface area contributed by atoms with Crippen LogP contribution in [0.2, 0.25) is 0 Å². The molecule has 0 spiro atoms. The van der Waals surface area contributed by atoms with Gasteiger partial charge in [0.2, 0.25) is 11.8 Å². The summed E-state index contributed by atoms with van der Waals surface area (Å²) in [6, 6.07) is 0. The minimum Gasteiger partial charge on any atom is -0.341 e. The van der Waals surface area contributed by atoms with Gasteiger partial charge in [-0.3, -0.25) is 4.79 Å². The van der Waals surface area contributed by atoms with Gasteiger partial charge in [-0.1, -0.05) is 5.16 Å². The molecule has 1 atom stereocenters. The molecule has 0 N–H and O–H groups in total. The number of piperidine rings is 1. The number of nitrogens with zero attached hydrogens (tertiary/aromatic N) is 5. The first-order chi connectivity index (χ1) is 11.5. The molecule has 7 heteroatoms. The van der Waals surface area contributed by atoms with Crippen molar-refractivity contribution in [2.45, 2.75) is 31.6 Å². The van der Waals surface area contributed by atoms with Gasteiger partial charge >= 0.3 is 0 Å². The lowest BCUT2D eigenvalue weighted by molar-refractivity contribution is -0.127. The van der Waals surface area contributed by atoms with Gasteiger partial charge in [-0.25, -0.2) is 0 Å². The highest BCUT2D eigenvalue weighted by atomic mass is 16.5. The van der Waals surface area contributed by atoms with Gasteiger partial charge in [-0.15, -0.1) is 0 Å². The summed E-state index contributed by atoms with van der Waals surface area (Å²) in [5.74, 6) is 2.33. The number of aromatic nitrogens is 2. The second-order valence-corrected chi connectivity index (χ2v) is 7.54. The smallest absolute Gasteiger partial charge is 0.232 e. The van der Waals surface area contributed by atoms with Crippen LogP contribution >= 0.6 is 0 Å². The van der Waals surface area contributed by atoms with Crippen LogP contribution in [-0.2, 0) is 11.2 Å². The maximum Gasteiger partial charge on any atom is 0.232 e. The molecule has 24 heavy (non-hydrogen) atoms. The topological polar surface area (TPSA) is 65.7 Å². The van der Waals surface area contributed by atoms with Gasteiger partial charge in [-0.05, 0) is 53.0 Å². The highest BCUT2D eigenvalue weighted by Crippen LogP contribution is 2.27. The van der Waals surface area contributed by atoms with Gasteiger partial charge in [0.15, 0.2) is 5.82 Å². The lowest BCUT2D eigenvalue weighted by atomic mass is 9.93. The number of carbonyl (C=O) groups is 1. The van der Waals surface area contributed by atoms with E-state index in [1.54, 1.807) is 0 Å². The fraction of sp³-hybridized carbons (Fsp3) is 0.824. The van der Waals surface area contributed by atoms with Crippen molar-refractivity contribution in [1.29, 1.82) is 0 Å². The minimum atomic E-state index is 0.0541. The summed E-state index contributed by atoms with van der Waals surface area (Å²) in [6.07, 6.45) is 3.77. The predicted octanol–water partition coefficient (Wildman–Crippen LogP) is 0.831. The molecule has 2 aliphatic heterocycles. The predicted molar refractivity (Wildman–Crippen MR) is 90.7 cm³/mol. The van der Waals surface area contributed by atoms with Crippen molar-refractivity contribution in [2.24, 2.45) is 5.92 Å². The Morgan fingerprint density at radius 2 is 2.04 bits per heavy atom. The van der Waals surface area contributed by atoms with Gasteiger partial charge in [0.05, 0.1) is 5.92 Å². The van der Waals surface area contributed by atoms with E-state index in [2.05, 4.69) is 27.0 Å². The van der Waals surface area contributed by atoms with Crippen molar-refractivity contribution in [2.75, 3.05) is 53.9 Å². The zero-order valence-corrected chi connectivity index (χ0v) is 15.1. The maximum atomic E-state index is 12.1. The molecular weight excluding hydrogens is 306 g/mol. The Hall–Kier alpha value is -1.47. The van der Waals surface area contributed by atoms with Crippen molar-refractivity contribution < 1.29 is 9.32 Å². The van der Waals surface area contributed by atoms with Gasteiger partial charge in [0, 0.05) is 32.5 Å². The van der Waals surface area contributed by atoms with E-state index in [0.29, 0.717) is 24.8 Å². The zero-order valence-electron chi connectivity index (χ0n) is 15.1. The van der Waals surface area contributed by atoms with Crippen LogP contribution in [0.1, 0.15) is 36.9 Å². The first kappa shape index (κ1) is 17.4. The Balaban J connectivity index is 1.53. The number of amides is 1. The van der Waals surface area contributed by atoms with Crippen LogP contribution in [0, 0.1) is 5.92 Å². The first-order valence-electron chi connectivity index (χ1n) is 8.95. The van der Waals surface area contributed by atoms with Gasteiger partial charge < -0.3 is 19.2 Å². The molecule has 0 radical (unpaired) electrons. The van der Waals surface area contributed by atoms with E-state index in [0.717, 1.165) is 38.4 Å². The standard InChI is InChI=1S/C17H29N5O2/c1-20(2)8-9-22-12-14(11-16(22)23)17-18-15(19-24-17)10-13-4-6-21(3)7-5-13/h13-14H,4-12H2,1-3H3/t14-/m1/s1. The van der Waals surface area contributed by atoms with Crippen LogP contribution in [0.3, 0.4) is 0 Å². The van der Waals surface area contributed by atoms with E-state index in [9.17, 15) is 4.79 Å². The Kier molecular flexibility index (Phi) is 5.50. The van der Waals surface area contributed by atoms with Gasteiger partial charge in [0.1, 0.15) is 0 Å². The number of likely N-dealkylation sites (N-methyl/N-ethyl adjacent to an activating group) is 1. The molecule has 2 fully saturated rings. The SMILES string of the molecule is CN(C)CCN1C[C@H](c2nc(CC3CCN(C)CC3)no2)CC1=O. The molecule has 134 valence electrons. The van der Waals surface area contributed by atoms with Crippen molar-refractivity contribution >= 4 is 5.91 Å². The summed E-state index contributed by atoms with van der Waals surface area (Å²) in [5.41, 5.74) is 0. The minimum absolute atomic E-state index is 0.0541. The number of hydrogen-bond donors (Lipinski definition) is 0. The number of carbonyl (C=O) groups excluding carboxylic acids is 1. The summed E-state index contributed by atoms with van der Waals surface area (Å²) in [4.78, 5) is 23.1. The Labute approximate surface area is 144 Å². The quantitative estimate of drug-likeness (QED) is 0.767. The summed E-state index contributed by atoms with van der Waals surface area (Å²) in [7, 11) is 6.21. The van der Waals surface area contributed by atoms with Crippen molar-refractivity contribution in [3.05, 3.63) is 11.7 Å². The molecule has 3 heterocycles. The van der Waals surface area contributed by atoms with E-state index < -0.39 is 0 Å². The third-order valence-electron chi connectivity index (χ3n) is 5.17. The molecule has 0 unspecified atom stereocenters. The van der Waals surface area contributed by atoms with Crippen LogP contribution < -0.4 is 0 Å². The van der Waals surface area contributed by atoms with E-state index in [1.165, 1.54) is 12.8 Å². The highest BCUT2D eigenvalue weighted by molar-refractivity contribution is 5.79. The second kappa shape index (κ2) is 7.61. The average Bonchev–Trinajstić information content (AvgIpc) is 3.14. The van der Waals surface area contributed by atoms with E-state index >= 15 is 0 Å². The molecule has 0 saturated carbocycles. The average molecular weight is 335 g/mol. The lowest BCUT2D eigenvalue weighted by Gasteiger charge is -2.28. The molecule has 0 aliphatic carbocycles. The molecule has 7 nitrogen and oxygen atoms in total. The lowest BCUT2D eigenvalue weighted by Crippen LogP contribution is -2.32. The van der Waals surface area contributed by atoms with Gasteiger partial charge in [0.25, 0.3) is 0 Å². The second-order valence-electron chi connectivity index (χ2n) is 7.54. The Morgan fingerprint density at radius 3 is 2.75 bits per heavy atom. The molecule has 0 bridgehead atoms. The highest BCUT2D eigenvalue weighted by Gasteiger charge is 2.34. The van der Waals surface area contributed by atoms with Crippen LogP contribution in [0.15, 0.2) is 4.52 Å². The fourth-order valence-corrected chi connectivity index (χ4v) is 3.51. The number of likely N-dealkylation sites (tertiary alicyclic amines) is 2. The first-order valence-corrected chi connectivity index (χ1v) is 8.95. The van der Waals surface area contributed by atoms with Crippen molar-refractivity contribution in [3.8, 4) is 0 Å². The van der Waals surface area contributed by atoms with Crippen LogP contribution in [0.25, 0.3) is 0 Å². The molecule has 1 aromatic heterocycles. The fourth-order valence-electron chi connectivity index (χ4n) is 3.51. The van der Waals surface area contributed by atoms with Crippen molar-refractivity contribution in [1.82, 2.24) is 24.8 Å². The Bertz CT molecular complexity index is 551. The van der Waals surface area contributed by atoms with E-state index in [4.69, 9.17) is 4.52 Å². The van der Waals surface area contributed by atoms with Crippen LogP contribution in [0.5, 0.6) is 0 Å². The summed E-state index contributed by atoms with van der Waals surface area (Å²) in [5, 5.41) is 4.16. The third-order valence-corrected chi connectivity index (χ3v) is 5.17. The summed E-state index contributed by atoms with van der Waals surface area (Å²) < 4.78 is 5.47. The normalized spacial score (nSPS) is 23.6. The molecule has 2 aliphatic rings. The maximum absolute atomic E-state index is 12.1. The van der Waals surface area contributed by atoms with Crippen molar-refractivity contribution in [3.63, 3.8) is 0 Å². The summed E-state index contributed by atoms with van der Waals surface area (Å²) in [6.45, 7) is 4.63. The summed E-state index contributed by atoms with van der Waals surface area (Å²) >= 11 is 0. The van der Waals surface area contributed by atoms with Gasteiger partial charge in [-0.2, -0.15) is 4.98 Å². The van der Waals surface area contributed by atoms with E-state index in [1.807, 2.05) is 19.0 Å². The molecule has 1 aromatic rings. The third kappa shape index (κ3) is 4.33. The molecule has 2 saturated heterocycles. The monoisotopic (exact) mass is 335 g/mol. The largest absolute Gasteiger partial charge is 0.341 e. The molecule has 0 aromatic carbocycles. The molecule has 3 rings (SSSR count). The zero-order chi connectivity index (χ0) is 17.1. The van der Waals surface area contributed by atoms with E-state index in [-0.39, 0.29) is 11.8 Å². The Morgan fingerprint density at radius 1 is 1.29 bits per heavy atom. The van der Waals surface area contributed by atoms with Crippen LogP contribution in [0.4, 0.5) is 0 Å². The molecular formula is C17H29N5O2. The number of rotatable bonds is 6.